The first kappa shape index (κ1) is 20.5. The van der Waals surface area contributed by atoms with E-state index in [1.807, 2.05) is 18.2 Å². The Balaban J connectivity index is 1.62. The number of rotatable bonds is 6. The molecule has 0 aliphatic heterocycles. The Morgan fingerprint density at radius 1 is 0.933 bits per heavy atom. The lowest BCUT2D eigenvalue weighted by Crippen LogP contribution is -2.17. The number of nitrogens with zero attached hydrogens (tertiary/aromatic N) is 3. The van der Waals surface area contributed by atoms with Gasteiger partial charge in [0, 0.05) is 28.9 Å². The molecule has 2 heterocycles. The van der Waals surface area contributed by atoms with Crippen LogP contribution in [-0.2, 0) is 0 Å². The summed E-state index contributed by atoms with van der Waals surface area (Å²) in [4.78, 5) is 13.6. The van der Waals surface area contributed by atoms with Crippen LogP contribution < -0.4 is 10.6 Å². The smallest absolute Gasteiger partial charge is 0.351 e. The number of pyridine rings is 1. The summed E-state index contributed by atoms with van der Waals surface area (Å²) in [5.74, 6) is 0.966. The first-order valence-corrected chi connectivity index (χ1v) is 10.5. The van der Waals surface area contributed by atoms with Crippen molar-refractivity contribution < 1.29 is 13.2 Å². The highest BCUT2D eigenvalue weighted by molar-refractivity contribution is 8.00. The number of alkyl halides is 3. The zero-order valence-electron chi connectivity index (χ0n) is 16.0. The molecular weight excluding hydrogens is 411 g/mol. The second-order valence-corrected chi connectivity index (χ2v) is 8.14. The zero-order valence-corrected chi connectivity index (χ0v) is 16.8. The molecule has 1 aromatic carbocycles. The third-order valence-corrected chi connectivity index (χ3v) is 5.40. The molecule has 1 fully saturated rings. The molecule has 2 N–H and O–H groups in total. The molecule has 0 saturated heterocycles. The molecule has 5 nitrogen and oxygen atoms in total. The Morgan fingerprint density at radius 3 is 2.50 bits per heavy atom. The fourth-order valence-corrected chi connectivity index (χ4v) is 3.99. The molecule has 0 spiro atoms. The lowest BCUT2D eigenvalue weighted by molar-refractivity contribution is -0.0328. The molecule has 4 rings (SSSR count). The van der Waals surface area contributed by atoms with Gasteiger partial charge < -0.3 is 10.6 Å². The molecule has 0 amide bonds. The molecule has 156 valence electrons. The maximum Gasteiger partial charge on any atom is 0.446 e. The van der Waals surface area contributed by atoms with E-state index in [1.54, 1.807) is 24.4 Å². The predicted octanol–water partition coefficient (Wildman–Crippen LogP) is 6.25. The van der Waals surface area contributed by atoms with Gasteiger partial charge in [-0.15, -0.1) is 0 Å². The number of anilines is 3. The highest BCUT2D eigenvalue weighted by atomic mass is 32.2. The van der Waals surface area contributed by atoms with Crippen LogP contribution in [0.15, 0.2) is 59.6 Å². The molecule has 9 heteroatoms. The maximum absolute atomic E-state index is 12.7. The summed E-state index contributed by atoms with van der Waals surface area (Å²) >= 11 is -0.145. The molecular formula is C21H20F3N5S. The number of nitrogens with one attached hydrogen (secondary N) is 2. The van der Waals surface area contributed by atoms with E-state index in [0.717, 1.165) is 12.8 Å². The van der Waals surface area contributed by atoms with E-state index in [9.17, 15) is 13.2 Å². The number of aromatic nitrogens is 3. The molecule has 1 aliphatic carbocycles. The molecule has 0 radical (unpaired) electrons. The number of thioether (sulfide) groups is 1. The fraction of sp³-hybridized carbons (Fsp3) is 0.286. The molecule has 2 aromatic heterocycles. The van der Waals surface area contributed by atoms with Gasteiger partial charge in [-0.1, -0.05) is 25.0 Å². The Morgan fingerprint density at radius 2 is 1.77 bits per heavy atom. The van der Waals surface area contributed by atoms with E-state index in [2.05, 4.69) is 25.6 Å². The van der Waals surface area contributed by atoms with Crippen LogP contribution in [0, 0.1) is 0 Å². The topological polar surface area (TPSA) is 62.7 Å². The second-order valence-electron chi connectivity index (χ2n) is 7.00. The molecule has 0 bridgehead atoms. The van der Waals surface area contributed by atoms with E-state index < -0.39 is 5.51 Å². The summed E-state index contributed by atoms with van der Waals surface area (Å²) in [7, 11) is 0. The van der Waals surface area contributed by atoms with Crippen LogP contribution in [0.25, 0.3) is 11.4 Å². The summed E-state index contributed by atoms with van der Waals surface area (Å²) in [6.07, 6.45) is 6.17. The van der Waals surface area contributed by atoms with E-state index >= 15 is 0 Å². The van der Waals surface area contributed by atoms with Crippen molar-refractivity contribution in [3.63, 3.8) is 0 Å². The standard InChI is InChI=1S/C21H20F3N5S/c22-21(23,24)30-16-9-5-8-15(12-16)26-19-13-18(17-10-3-4-11-25-17)28-20(29-19)27-14-6-1-2-7-14/h3-5,8-14H,1-2,6-7H2,(H2,26,27,28,29). The minimum atomic E-state index is -4.34. The molecule has 3 aromatic rings. The Kier molecular flexibility index (Phi) is 6.08. The SMILES string of the molecule is FC(F)(F)Sc1cccc(Nc2cc(-c3ccccn3)nc(NC3CCCC3)n2)c1. The first-order valence-electron chi connectivity index (χ1n) is 9.64. The first-order chi connectivity index (χ1) is 14.4. The summed E-state index contributed by atoms with van der Waals surface area (Å²) < 4.78 is 38.1. The van der Waals surface area contributed by atoms with E-state index in [-0.39, 0.29) is 16.7 Å². The van der Waals surface area contributed by atoms with Crippen LogP contribution in [0.5, 0.6) is 0 Å². The number of hydrogen-bond acceptors (Lipinski definition) is 6. The van der Waals surface area contributed by atoms with Crippen molar-refractivity contribution in [3.05, 3.63) is 54.7 Å². The van der Waals surface area contributed by atoms with Gasteiger partial charge in [0.15, 0.2) is 0 Å². The van der Waals surface area contributed by atoms with Gasteiger partial charge in [-0.3, -0.25) is 4.98 Å². The Hall–Kier alpha value is -2.81. The summed E-state index contributed by atoms with van der Waals surface area (Å²) in [5, 5.41) is 6.48. The van der Waals surface area contributed by atoms with Gasteiger partial charge in [0.2, 0.25) is 5.95 Å². The van der Waals surface area contributed by atoms with Crippen LogP contribution in [-0.4, -0.2) is 26.5 Å². The van der Waals surface area contributed by atoms with Gasteiger partial charge in [0.1, 0.15) is 5.82 Å². The number of hydrogen-bond donors (Lipinski definition) is 2. The monoisotopic (exact) mass is 431 g/mol. The van der Waals surface area contributed by atoms with Crippen molar-refractivity contribution >= 4 is 29.2 Å². The number of halogens is 3. The minimum absolute atomic E-state index is 0.107. The van der Waals surface area contributed by atoms with Gasteiger partial charge >= 0.3 is 5.51 Å². The highest BCUT2D eigenvalue weighted by Crippen LogP contribution is 2.38. The van der Waals surface area contributed by atoms with Gasteiger partial charge in [-0.25, -0.2) is 4.98 Å². The Labute approximate surface area is 176 Å². The Bertz CT molecular complexity index is 991. The summed E-state index contributed by atoms with van der Waals surface area (Å²) in [5.41, 5.74) is -2.49. The van der Waals surface area contributed by atoms with E-state index in [0.29, 0.717) is 34.9 Å². The van der Waals surface area contributed by atoms with Gasteiger partial charge in [-0.2, -0.15) is 18.2 Å². The van der Waals surface area contributed by atoms with Crippen molar-refractivity contribution in [1.82, 2.24) is 15.0 Å². The van der Waals surface area contributed by atoms with Crippen molar-refractivity contribution in [2.45, 2.75) is 42.1 Å². The summed E-state index contributed by atoms with van der Waals surface area (Å²) in [6, 6.07) is 13.8. The van der Waals surface area contributed by atoms with Crippen molar-refractivity contribution in [2.24, 2.45) is 0 Å². The molecule has 0 atom stereocenters. The van der Waals surface area contributed by atoms with E-state index in [1.165, 1.54) is 25.0 Å². The fourth-order valence-electron chi connectivity index (χ4n) is 3.39. The van der Waals surface area contributed by atoms with Crippen molar-refractivity contribution in [2.75, 3.05) is 10.6 Å². The minimum Gasteiger partial charge on any atom is -0.351 e. The summed E-state index contributed by atoms with van der Waals surface area (Å²) in [6.45, 7) is 0. The predicted molar refractivity (Wildman–Crippen MR) is 113 cm³/mol. The molecule has 1 saturated carbocycles. The highest BCUT2D eigenvalue weighted by Gasteiger charge is 2.29. The quantitative estimate of drug-likeness (QED) is 0.450. The van der Waals surface area contributed by atoms with Gasteiger partial charge in [0.05, 0.1) is 11.4 Å². The van der Waals surface area contributed by atoms with Crippen molar-refractivity contribution in [3.8, 4) is 11.4 Å². The van der Waals surface area contributed by atoms with Crippen LogP contribution in [0.2, 0.25) is 0 Å². The lowest BCUT2D eigenvalue weighted by atomic mass is 10.2. The van der Waals surface area contributed by atoms with E-state index in [4.69, 9.17) is 0 Å². The maximum atomic E-state index is 12.7. The average Bonchev–Trinajstić information content (AvgIpc) is 3.20. The van der Waals surface area contributed by atoms with Crippen LogP contribution in [0.4, 0.5) is 30.6 Å². The van der Waals surface area contributed by atoms with Crippen LogP contribution in [0.1, 0.15) is 25.7 Å². The van der Waals surface area contributed by atoms with Crippen LogP contribution in [0.3, 0.4) is 0 Å². The third kappa shape index (κ3) is 5.63. The molecule has 30 heavy (non-hydrogen) atoms. The molecule has 0 unspecified atom stereocenters. The van der Waals surface area contributed by atoms with Gasteiger partial charge in [-0.05, 0) is 54.9 Å². The lowest BCUT2D eigenvalue weighted by Gasteiger charge is -2.15. The second kappa shape index (κ2) is 8.91. The molecule has 1 aliphatic rings. The average molecular weight is 431 g/mol. The number of benzene rings is 1. The third-order valence-electron chi connectivity index (χ3n) is 4.68. The van der Waals surface area contributed by atoms with Crippen molar-refractivity contribution in [1.29, 1.82) is 0 Å². The normalized spacial score (nSPS) is 14.6. The van der Waals surface area contributed by atoms with Gasteiger partial charge in [0.25, 0.3) is 0 Å². The zero-order chi connectivity index (χ0) is 21.0. The largest absolute Gasteiger partial charge is 0.446 e. The van der Waals surface area contributed by atoms with Crippen LogP contribution >= 0.6 is 11.8 Å².